The van der Waals surface area contributed by atoms with Crippen LogP contribution in [0.2, 0.25) is 0 Å². The van der Waals surface area contributed by atoms with Crippen LogP contribution in [-0.2, 0) is 0 Å². The molecule has 2 aliphatic carbocycles. The molecule has 4 atom stereocenters. The summed E-state index contributed by atoms with van der Waals surface area (Å²) in [7, 11) is 0. The monoisotopic (exact) mass is 205 g/mol. The van der Waals surface area contributed by atoms with Crippen LogP contribution in [0.25, 0.3) is 0 Å². The third-order valence-corrected chi connectivity index (χ3v) is 4.86. The van der Waals surface area contributed by atoms with E-state index in [1.807, 2.05) is 0 Å². The fourth-order valence-corrected chi connectivity index (χ4v) is 3.94. The van der Waals surface area contributed by atoms with Crippen LogP contribution in [0.15, 0.2) is 36.5 Å². The molecular formula is C12H15NS. The van der Waals surface area contributed by atoms with Crippen molar-refractivity contribution in [2.24, 2.45) is 5.92 Å². The average Bonchev–Trinajstić information content (AvgIpc) is 2.58. The van der Waals surface area contributed by atoms with Gasteiger partial charge in [-0.3, -0.25) is 0 Å². The quantitative estimate of drug-likeness (QED) is 0.608. The van der Waals surface area contributed by atoms with E-state index >= 15 is 0 Å². The van der Waals surface area contributed by atoms with Crippen molar-refractivity contribution in [3.05, 3.63) is 36.5 Å². The number of allylic oxidation sites excluding steroid dienone is 3. The highest BCUT2D eigenvalue weighted by atomic mass is 32.2. The van der Waals surface area contributed by atoms with Gasteiger partial charge in [-0.1, -0.05) is 36.5 Å². The summed E-state index contributed by atoms with van der Waals surface area (Å²) in [5, 5.41) is 5.04. The maximum Gasteiger partial charge on any atom is 0.0425 e. The Labute approximate surface area is 89.3 Å². The Bertz CT molecular complexity index is 305. The minimum absolute atomic E-state index is 0.559. The lowest BCUT2D eigenvalue weighted by atomic mass is 10.1. The Balaban J connectivity index is 1.81. The van der Waals surface area contributed by atoms with Crippen LogP contribution in [-0.4, -0.2) is 23.1 Å². The molecule has 1 heterocycles. The molecule has 0 spiro atoms. The first-order chi connectivity index (χ1) is 6.93. The Morgan fingerprint density at radius 1 is 1.07 bits per heavy atom. The third kappa shape index (κ3) is 1.47. The lowest BCUT2D eigenvalue weighted by molar-refractivity contribution is 0.498. The molecule has 2 heteroatoms. The standard InChI is InChI=1S/C12H15NS/c1-2-6-12-10(5-1)13-8-9-4-3-7-11(9)14-12/h1-3,5-7,9-13H,4,8H2. The summed E-state index contributed by atoms with van der Waals surface area (Å²) >= 11 is 2.12. The van der Waals surface area contributed by atoms with Crippen molar-refractivity contribution in [2.45, 2.75) is 23.0 Å². The second-order valence-corrected chi connectivity index (χ2v) is 5.55. The van der Waals surface area contributed by atoms with Crippen molar-refractivity contribution in [2.75, 3.05) is 6.54 Å². The van der Waals surface area contributed by atoms with Crippen molar-refractivity contribution in [3.63, 3.8) is 0 Å². The summed E-state index contributed by atoms with van der Waals surface area (Å²) in [6.45, 7) is 1.17. The van der Waals surface area contributed by atoms with E-state index in [4.69, 9.17) is 0 Å². The van der Waals surface area contributed by atoms with E-state index in [2.05, 4.69) is 53.5 Å². The van der Waals surface area contributed by atoms with E-state index in [0.29, 0.717) is 11.3 Å². The van der Waals surface area contributed by atoms with Gasteiger partial charge in [0.1, 0.15) is 0 Å². The highest BCUT2D eigenvalue weighted by Gasteiger charge is 2.32. The maximum atomic E-state index is 3.66. The predicted molar refractivity (Wildman–Crippen MR) is 62.5 cm³/mol. The first kappa shape index (κ1) is 8.81. The largest absolute Gasteiger partial charge is 0.309 e. The van der Waals surface area contributed by atoms with Crippen LogP contribution in [0.3, 0.4) is 0 Å². The number of hydrogen-bond donors (Lipinski definition) is 1. The van der Waals surface area contributed by atoms with Gasteiger partial charge in [-0.2, -0.15) is 0 Å². The summed E-state index contributed by atoms with van der Waals surface area (Å²) in [5.74, 6) is 0.826. The molecule has 0 saturated carbocycles. The molecule has 0 radical (unpaired) electrons. The Morgan fingerprint density at radius 2 is 2.00 bits per heavy atom. The normalized spacial score (nSPS) is 44.6. The summed E-state index contributed by atoms with van der Waals surface area (Å²) in [6, 6.07) is 0.559. The van der Waals surface area contributed by atoms with Crippen LogP contribution >= 0.6 is 11.8 Å². The Kier molecular flexibility index (Phi) is 2.26. The van der Waals surface area contributed by atoms with Gasteiger partial charge in [0, 0.05) is 23.1 Å². The van der Waals surface area contributed by atoms with Gasteiger partial charge in [-0.25, -0.2) is 0 Å². The van der Waals surface area contributed by atoms with E-state index < -0.39 is 0 Å². The zero-order chi connectivity index (χ0) is 9.38. The van der Waals surface area contributed by atoms with Crippen molar-refractivity contribution < 1.29 is 0 Å². The first-order valence-corrected chi connectivity index (χ1v) is 6.28. The summed E-state index contributed by atoms with van der Waals surface area (Å²) in [5.41, 5.74) is 0. The molecule has 1 N–H and O–H groups in total. The first-order valence-electron chi connectivity index (χ1n) is 5.34. The zero-order valence-electron chi connectivity index (χ0n) is 8.10. The number of thioether (sulfide) groups is 1. The van der Waals surface area contributed by atoms with E-state index in [-0.39, 0.29) is 0 Å². The minimum atomic E-state index is 0.559. The topological polar surface area (TPSA) is 12.0 Å². The number of rotatable bonds is 0. The number of fused-ring (bicyclic) bond motifs is 2. The second-order valence-electron chi connectivity index (χ2n) is 4.19. The fourth-order valence-electron chi connectivity index (χ4n) is 2.40. The van der Waals surface area contributed by atoms with Gasteiger partial charge < -0.3 is 5.32 Å². The highest BCUT2D eigenvalue weighted by Crippen LogP contribution is 2.37. The van der Waals surface area contributed by atoms with E-state index in [9.17, 15) is 0 Å². The molecule has 3 rings (SSSR count). The van der Waals surface area contributed by atoms with E-state index in [1.165, 1.54) is 13.0 Å². The molecule has 0 aromatic rings. The second kappa shape index (κ2) is 3.59. The molecule has 3 aliphatic rings. The molecule has 0 amide bonds. The number of hydrogen-bond acceptors (Lipinski definition) is 2. The van der Waals surface area contributed by atoms with Crippen LogP contribution in [0.4, 0.5) is 0 Å². The van der Waals surface area contributed by atoms with Gasteiger partial charge in [0.2, 0.25) is 0 Å². The average molecular weight is 205 g/mol. The summed E-state index contributed by atoms with van der Waals surface area (Å²) in [4.78, 5) is 0. The van der Waals surface area contributed by atoms with Crippen LogP contribution < -0.4 is 5.32 Å². The fraction of sp³-hybridized carbons (Fsp3) is 0.500. The van der Waals surface area contributed by atoms with Gasteiger partial charge in [0.25, 0.3) is 0 Å². The lowest BCUT2D eigenvalue weighted by Crippen LogP contribution is -2.36. The molecule has 1 aliphatic heterocycles. The van der Waals surface area contributed by atoms with Gasteiger partial charge in [0.15, 0.2) is 0 Å². The Morgan fingerprint density at radius 3 is 3.00 bits per heavy atom. The SMILES string of the molecule is C1=CC2NCC3CC=CC3SC2C=C1. The van der Waals surface area contributed by atoms with Crippen LogP contribution in [0.1, 0.15) is 6.42 Å². The molecule has 14 heavy (non-hydrogen) atoms. The maximum absolute atomic E-state index is 3.66. The van der Waals surface area contributed by atoms with Crippen molar-refractivity contribution in [1.82, 2.24) is 5.32 Å². The number of nitrogens with one attached hydrogen (secondary N) is 1. The van der Waals surface area contributed by atoms with Crippen molar-refractivity contribution in [1.29, 1.82) is 0 Å². The summed E-state index contributed by atoms with van der Waals surface area (Å²) in [6.07, 6.45) is 15.0. The molecule has 0 bridgehead atoms. The highest BCUT2D eigenvalue weighted by molar-refractivity contribution is 8.00. The van der Waals surface area contributed by atoms with Crippen molar-refractivity contribution in [3.8, 4) is 0 Å². The van der Waals surface area contributed by atoms with Gasteiger partial charge in [0.05, 0.1) is 0 Å². The molecule has 1 fully saturated rings. The molecule has 1 saturated heterocycles. The predicted octanol–water partition coefficient (Wildman–Crippen LogP) is 2.13. The van der Waals surface area contributed by atoms with Crippen molar-refractivity contribution >= 4 is 11.8 Å². The molecule has 74 valence electrons. The van der Waals surface area contributed by atoms with Gasteiger partial charge >= 0.3 is 0 Å². The van der Waals surface area contributed by atoms with Crippen LogP contribution in [0.5, 0.6) is 0 Å². The summed E-state index contributed by atoms with van der Waals surface area (Å²) < 4.78 is 0. The van der Waals surface area contributed by atoms with Crippen LogP contribution in [0, 0.1) is 5.92 Å². The third-order valence-electron chi connectivity index (χ3n) is 3.24. The minimum Gasteiger partial charge on any atom is -0.309 e. The zero-order valence-corrected chi connectivity index (χ0v) is 8.91. The smallest absolute Gasteiger partial charge is 0.0425 e. The van der Waals surface area contributed by atoms with Gasteiger partial charge in [-0.05, 0) is 12.3 Å². The lowest BCUT2D eigenvalue weighted by Gasteiger charge is -2.22. The molecule has 0 aromatic heterocycles. The van der Waals surface area contributed by atoms with Gasteiger partial charge in [-0.15, -0.1) is 11.8 Å². The molecule has 1 nitrogen and oxygen atoms in total. The molecular weight excluding hydrogens is 190 g/mol. The van der Waals surface area contributed by atoms with E-state index in [0.717, 1.165) is 11.2 Å². The van der Waals surface area contributed by atoms with E-state index in [1.54, 1.807) is 0 Å². The molecule has 4 unspecified atom stereocenters. The molecule has 0 aromatic carbocycles. The Hall–Kier alpha value is -0.470.